The summed E-state index contributed by atoms with van der Waals surface area (Å²) in [5.74, 6) is 0.656. The molecule has 1 fully saturated rings. The molecule has 9 heteroatoms. The molecule has 0 bridgehead atoms. The van der Waals surface area contributed by atoms with E-state index in [4.69, 9.17) is 0 Å². The Labute approximate surface area is 153 Å². The number of nitrogens with one attached hydrogen (secondary N) is 1. The smallest absolute Gasteiger partial charge is 0.241 e. The number of piperidine rings is 1. The van der Waals surface area contributed by atoms with E-state index in [1.165, 1.54) is 10.6 Å². The Morgan fingerprint density at radius 3 is 2.54 bits per heavy atom. The van der Waals surface area contributed by atoms with Crippen molar-refractivity contribution in [2.75, 3.05) is 24.7 Å². The van der Waals surface area contributed by atoms with Crippen LogP contribution in [0.2, 0.25) is 0 Å². The summed E-state index contributed by atoms with van der Waals surface area (Å²) in [5.41, 5.74) is 3.28. The van der Waals surface area contributed by atoms with Crippen LogP contribution in [0.1, 0.15) is 49.4 Å². The number of rotatable bonds is 4. The van der Waals surface area contributed by atoms with Crippen molar-refractivity contribution >= 4 is 21.5 Å². The molecule has 1 saturated heterocycles. The Balaban J connectivity index is 1.84. The Morgan fingerprint density at radius 1 is 1.35 bits per heavy atom. The number of hydrogen-bond donors (Lipinski definition) is 1. The van der Waals surface area contributed by atoms with Gasteiger partial charge in [-0.1, -0.05) is 13.8 Å². The molecule has 2 aromatic rings. The lowest BCUT2D eigenvalue weighted by Gasteiger charge is -2.30. The lowest BCUT2D eigenvalue weighted by Crippen LogP contribution is -2.42. The summed E-state index contributed by atoms with van der Waals surface area (Å²) in [5, 5.41) is 17.4. The SMILES string of the molecule is Cc1c(C#N)c(C(C)C)n2nc(NC3CCN(S(C)(=O)=O)CC3)ncc12. The van der Waals surface area contributed by atoms with Crippen molar-refractivity contribution in [2.45, 2.75) is 45.6 Å². The molecule has 0 aliphatic carbocycles. The Morgan fingerprint density at radius 2 is 2.00 bits per heavy atom. The van der Waals surface area contributed by atoms with Gasteiger partial charge in [0, 0.05) is 19.1 Å². The third-order valence-electron chi connectivity index (χ3n) is 4.89. The van der Waals surface area contributed by atoms with Crippen LogP contribution in [0.5, 0.6) is 0 Å². The quantitative estimate of drug-likeness (QED) is 0.874. The zero-order valence-electron chi connectivity index (χ0n) is 15.5. The van der Waals surface area contributed by atoms with Crippen LogP contribution in [-0.2, 0) is 10.0 Å². The van der Waals surface area contributed by atoms with Crippen LogP contribution < -0.4 is 5.32 Å². The number of nitrogens with zero attached hydrogens (tertiary/aromatic N) is 5. The first-order valence-corrected chi connectivity index (χ1v) is 10.6. The van der Waals surface area contributed by atoms with Crippen LogP contribution >= 0.6 is 0 Å². The zero-order valence-corrected chi connectivity index (χ0v) is 16.3. The first-order chi connectivity index (χ1) is 12.2. The van der Waals surface area contributed by atoms with Crippen LogP contribution in [0.4, 0.5) is 5.95 Å². The van der Waals surface area contributed by atoms with Crippen LogP contribution in [-0.4, -0.2) is 52.7 Å². The van der Waals surface area contributed by atoms with E-state index in [2.05, 4.69) is 21.5 Å². The Hall–Kier alpha value is -2.18. The minimum absolute atomic E-state index is 0.125. The molecule has 26 heavy (non-hydrogen) atoms. The molecule has 0 aromatic carbocycles. The second kappa shape index (κ2) is 6.85. The fraction of sp³-hybridized carbons (Fsp3) is 0.588. The number of sulfonamides is 1. The maximum absolute atomic E-state index is 11.6. The first-order valence-electron chi connectivity index (χ1n) is 8.72. The molecule has 140 valence electrons. The highest BCUT2D eigenvalue weighted by Crippen LogP contribution is 2.27. The van der Waals surface area contributed by atoms with E-state index in [-0.39, 0.29) is 12.0 Å². The maximum atomic E-state index is 11.6. The molecule has 8 nitrogen and oxygen atoms in total. The average molecular weight is 376 g/mol. The van der Waals surface area contributed by atoms with E-state index in [0.717, 1.165) is 16.8 Å². The summed E-state index contributed by atoms with van der Waals surface area (Å²) >= 11 is 0. The van der Waals surface area contributed by atoms with Crippen molar-refractivity contribution in [1.82, 2.24) is 18.9 Å². The number of anilines is 1. The summed E-state index contributed by atoms with van der Waals surface area (Å²) in [6.45, 7) is 6.99. The third-order valence-corrected chi connectivity index (χ3v) is 6.19. The molecule has 1 aliphatic heterocycles. The van der Waals surface area contributed by atoms with Gasteiger partial charge in [-0.2, -0.15) is 5.26 Å². The molecule has 1 N–H and O–H groups in total. The Bertz CT molecular complexity index is 965. The van der Waals surface area contributed by atoms with E-state index in [1.54, 1.807) is 10.7 Å². The number of aromatic nitrogens is 3. The molecule has 0 saturated carbocycles. The number of hydrogen-bond acceptors (Lipinski definition) is 6. The Kier molecular flexibility index (Phi) is 4.90. The van der Waals surface area contributed by atoms with E-state index in [9.17, 15) is 13.7 Å². The molecule has 0 spiro atoms. The van der Waals surface area contributed by atoms with E-state index in [0.29, 0.717) is 37.4 Å². The van der Waals surface area contributed by atoms with Crippen molar-refractivity contribution in [1.29, 1.82) is 5.26 Å². The lowest BCUT2D eigenvalue weighted by molar-refractivity contribution is 0.331. The van der Waals surface area contributed by atoms with E-state index < -0.39 is 10.0 Å². The average Bonchev–Trinajstić information content (AvgIpc) is 2.86. The number of aryl methyl sites for hydroxylation is 1. The summed E-state index contributed by atoms with van der Waals surface area (Å²) in [4.78, 5) is 4.39. The van der Waals surface area contributed by atoms with Gasteiger partial charge in [0.25, 0.3) is 0 Å². The van der Waals surface area contributed by atoms with E-state index in [1.807, 2.05) is 20.8 Å². The van der Waals surface area contributed by atoms with E-state index >= 15 is 0 Å². The molecule has 0 atom stereocenters. The molecule has 3 heterocycles. The van der Waals surface area contributed by atoms with Gasteiger partial charge in [0.05, 0.1) is 29.2 Å². The highest BCUT2D eigenvalue weighted by Gasteiger charge is 2.26. The third kappa shape index (κ3) is 3.39. The molecular weight excluding hydrogens is 352 g/mol. The van der Waals surface area contributed by atoms with Gasteiger partial charge in [-0.05, 0) is 31.2 Å². The van der Waals surface area contributed by atoms with Gasteiger partial charge in [-0.3, -0.25) is 0 Å². The molecule has 0 unspecified atom stereocenters. The van der Waals surface area contributed by atoms with Crippen LogP contribution in [0.3, 0.4) is 0 Å². The summed E-state index contributed by atoms with van der Waals surface area (Å²) in [7, 11) is -3.13. The summed E-state index contributed by atoms with van der Waals surface area (Å²) in [6.07, 6.45) is 4.40. The van der Waals surface area contributed by atoms with Crippen LogP contribution in [0.15, 0.2) is 6.20 Å². The maximum Gasteiger partial charge on any atom is 0.241 e. The van der Waals surface area contributed by atoms with Crippen molar-refractivity contribution in [2.24, 2.45) is 0 Å². The highest BCUT2D eigenvalue weighted by atomic mass is 32.2. The van der Waals surface area contributed by atoms with Gasteiger partial charge in [-0.15, -0.1) is 5.10 Å². The van der Waals surface area contributed by atoms with Crippen molar-refractivity contribution in [3.8, 4) is 6.07 Å². The zero-order chi connectivity index (χ0) is 19.1. The minimum atomic E-state index is -3.13. The largest absolute Gasteiger partial charge is 0.350 e. The standard InChI is InChI=1S/C17H24N6O2S/c1-11(2)16-14(9-18)12(3)15-10-19-17(21-23(15)16)20-13-5-7-22(8-6-13)26(4,24)25/h10-11,13H,5-8H2,1-4H3,(H,20,21). The first kappa shape index (κ1) is 18.6. The van der Waals surface area contributed by atoms with Gasteiger partial charge < -0.3 is 5.32 Å². The van der Waals surface area contributed by atoms with Crippen molar-refractivity contribution in [3.63, 3.8) is 0 Å². The molecular formula is C17H24N6O2S. The van der Waals surface area contributed by atoms with Crippen LogP contribution in [0.25, 0.3) is 5.52 Å². The predicted octanol–water partition coefficient (Wildman–Crippen LogP) is 1.87. The lowest BCUT2D eigenvalue weighted by atomic mass is 10.0. The van der Waals surface area contributed by atoms with Crippen molar-refractivity contribution in [3.05, 3.63) is 23.0 Å². The van der Waals surface area contributed by atoms with Crippen LogP contribution in [0, 0.1) is 18.3 Å². The molecule has 0 radical (unpaired) electrons. The highest BCUT2D eigenvalue weighted by molar-refractivity contribution is 7.88. The monoisotopic (exact) mass is 376 g/mol. The van der Waals surface area contributed by atoms with Gasteiger partial charge in [0.1, 0.15) is 6.07 Å². The molecule has 1 aliphatic rings. The van der Waals surface area contributed by atoms with Gasteiger partial charge in [0.15, 0.2) is 0 Å². The van der Waals surface area contributed by atoms with Gasteiger partial charge in [-0.25, -0.2) is 22.2 Å². The summed E-state index contributed by atoms with van der Waals surface area (Å²) in [6, 6.07) is 2.41. The fourth-order valence-electron chi connectivity index (χ4n) is 3.47. The number of fused-ring (bicyclic) bond motifs is 1. The number of nitriles is 1. The molecule has 3 rings (SSSR count). The summed E-state index contributed by atoms with van der Waals surface area (Å²) < 4.78 is 26.5. The van der Waals surface area contributed by atoms with Crippen molar-refractivity contribution < 1.29 is 8.42 Å². The second-order valence-electron chi connectivity index (χ2n) is 7.11. The topological polar surface area (TPSA) is 103 Å². The van der Waals surface area contributed by atoms with Gasteiger partial charge >= 0.3 is 0 Å². The minimum Gasteiger partial charge on any atom is -0.350 e. The molecule has 0 amide bonds. The van der Waals surface area contributed by atoms with Gasteiger partial charge in [0.2, 0.25) is 16.0 Å². The second-order valence-corrected chi connectivity index (χ2v) is 9.09. The fourth-order valence-corrected chi connectivity index (χ4v) is 4.35. The molecule has 2 aromatic heterocycles. The normalized spacial score (nSPS) is 16.9. The predicted molar refractivity (Wildman–Crippen MR) is 99.6 cm³/mol.